The van der Waals surface area contributed by atoms with Gasteiger partial charge in [0.2, 0.25) is 0 Å². The van der Waals surface area contributed by atoms with Gasteiger partial charge in [0.1, 0.15) is 29.7 Å². The Hall–Kier alpha value is -2.79. The van der Waals surface area contributed by atoms with Crippen molar-refractivity contribution in [3.8, 4) is 11.5 Å². The van der Waals surface area contributed by atoms with E-state index in [0.717, 1.165) is 19.0 Å². The predicted octanol–water partition coefficient (Wildman–Crippen LogP) is 2.82. The maximum absolute atomic E-state index is 15.0. The van der Waals surface area contributed by atoms with E-state index in [-0.39, 0.29) is 29.6 Å². The van der Waals surface area contributed by atoms with E-state index < -0.39 is 17.0 Å². The zero-order valence-electron chi connectivity index (χ0n) is 20.1. The van der Waals surface area contributed by atoms with Crippen LogP contribution in [0, 0.1) is 5.82 Å². The molecule has 2 bridgehead atoms. The molecule has 7 heterocycles. The van der Waals surface area contributed by atoms with Crippen LogP contribution >= 0.6 is 11.6 Å². The molecule has 8 rings (SSSR count). The summed E-state index contributed by atoms with van der Waals surface area (Å²) in [5, 5.41) is 15.8. The molecule has 1 atom stereocenters. The maximum Gasteiger partial charge on any atom is 0.251 e. The van der Waals surface area contributed by atoms with Crippen molar-refractivity contribution >= 4 is 22.6 Å². The van der Waals surface area contributed by atoms with Crippen LogP contribution in [0.25, 0.3) is 11.0 Å². The molecule has 11 heteroatoms. The first-order valence-electron chi connectivity index (χ1n) is 12.5. The Morgan fingerprint density at radius 1 is 1.14 bits per heavy atom. The van der Waals surface area contributed by atoms with Gasteiger partial charge in [-0.3, -0.25) is 14.8 Å². The van der Waals surface area contributed by atoms with E-state index in [1.165, 1.54) is 10.6 Å². The lowest BCUT2D eigenvalue weighted by Crippen LogP contribution is -2.62. The third-order valence-corrected chi connectivity index (χ3v) is 8.85. The van der Waals surface area contributed by atoms with Crippen LogP contribution in [-0.2, 0) is 23.4 Å². The number of ether oxygens (including phenoxy) is 3. The van der Waals surface area contributed by atoms with Crippen molar-refractivity contribution < 1.29 is 23.7 Å². The zero-order valence-corrected chi connectivity index (χ0v) is 20.8. The summed E-state index contributed by atoms with van der Waals surface area (Å²) < 4.78 is 34.1. The largest absolute Gasteiger partial charge is 0.484 e. The van der Waals surface area contributed by atoms with Crippen LogP contribution in [0.15, 0.2) is 29.3 Å². The molecule has 3 aromatic rings. The van der Waals surface area contributed by atoms with E-state index in [1.807, 2.05) is 0 Å². The first-order valence-corrected chi connectivity index (χ1v) is 12.9. The molecule has 0 amide bonds. The summed E-state index contributed by atoms with van der Waals surface area (Å²) >= 11 is 6.55. The number of aliphatic hydroxyl groups is 1. The van der Waals surface area contributed by atoms with E-state index in [4.69, 9.17) is 25.8 Å². The summed E-state index contributed by atoms with van der Waals surface area (Å²) in [7, 11) is 0. The number of aromatic nitrogens is 3. The van der Waals surface area contributed by atoms with Gasteiger partial charge in [0.05, 0.1) is 47.9 Å². The van der Waals surface area contributed by atoms with Crippen molar-refractivity contribution in [3.05, 3.63) is 57.0 Å². The number of nitrogens with zero attached hydrogens (tertiary/aromatic N) is 3. The standard InChI is InChI=1S/C26H26ClFN4O5/c27-21-17(30-11-18-23(21)36-8-7-35-18)10-31-24-3-5-25(6-4-24,37-14-24)12-26(34)13-32-19(33)2-1-16-22(32)20(26)15(28)9-29-16/h1-2,9,11,31,34H,3-8,10,12-14H2/t24?,25?,26-/m0/s1. The second-order valence-electron chi connectivity index (χ2n) is 10.7. The summed E-state index contributed by atoms with van der Waals surface area (Å²) in [5.41, 5.74) is -0.975. The van der Waals surface area contributed by atoms with Crippen molar-refractivity contribution in [2.75, 3.05) is 19.8 Å². The van der Waals surface area contributed by atoms with Gasteiger partial charge in [-0.05, 0) is 31.7 Å². The topological polar surface area (TPSA) is 108 Å². The fraction of sp³-hybridized carbons (Fsp3) is 0.500. The zero-order chi connectivity index (χ0) is 25.4. The van der Waals surface area contributed by atoms with Gasteiger partial charge in [0, 0.05) is 30.1 Å². The summed E-state index contributed by atoms with van der Waals surface area (Å²) in [6, 6.07) is 2.98. The first kappa shape index (κ1) is 23.3. The van der Waals surface area contributed by atoms with Crippen LogP contribution in [0.4, 0.5) is 4.39 Å². The van der Waals surface area contributed by atoms with Crippen LogP contribution in [0.2, 0.25) is 5.02 Å². The number of rotatable bonds is 5. The van der Waals surface area contributed by atoms with Crippen LogP contribution in [-0.4, -0.2) is 50.6 Å². The maximum atomic E-state index is 15.0. The SMILES string of the molecule is O=c1ccc2ncc(F)c3c2n1C[C@@]3(O)CC12CCC(NCc3ncc4c(c3Cl)OCCO4)(CC1)CO2. The van der Waals surface area contributed by atoms with Crippen molar-refractivity contribution in [2.45, 2.75) is 61.9 Å². The van der Waals surface area contributed by atoms with E-state index >= 15 is 4.39 Å². The molecule has 0 spiro atoms. The number of hydrogen-bond acceptors (Lipinski definition) is 8. The van der Waals surface area contributed by atoms with Gasteiger partial charge >= 0.3 is 0 Å². The van der Waals surface area contributed by atoms with Gasteiger partial charge in [0.15, 0.2) is 11.5 Å². The van der Waals surface area contributed by atoms with Crippen LogP contribution < -0.4 is 20.3 Å². The fourth-order valence-electron chi connectivity index (χ4n) is 6.49. The molecule has 2 N–H and O–H groups in total. The van der Waals surface area contributed by atoms with Crippen molar-refractivity contribution in [3.63, 3.8) is 0 Å². The molecular weight excluding hydrogens is 503 g/mol. The molecule has 0 unspecified atom stereocenters. The highest BCUT2D eigenvalue weighted by atomic mass is 35.5. The highest BCUT2D eigenvalue weighted by Crippen LogP contribution is 2.51. The molecule has 4 aliphatic heterocycles. The highest BCUT2D eigenvalue weighted by molar-refractivity contribution is 6.32. The van der Waals surface area contributed by atoms with Gasteiger partial charge in [-0.15, -0.1) is 0 Å². The van der Waals surface area contributed by atoms with Gasteiger partial charge in [-0.2, -0.15) is 0 Å². The van der Waals surface area contributed by atoms with Gasteiger partial charge in [-0.25, -0.2) is 4.39 Å². The van der Waals surface area contributed by atoms with E-state index in [2.05, 4.69) is 15.3 Å². The predicted molar refractivity (Wildman–Crippen MR) is 131 cm³/mol. The molecule has 3 fully saturated rings. The second-order valence-corrected chi connectivity index (χ2v) is 11.1. The lowest BCUT2D eigenvalue weighted by Gasteiger charge is -2.55. The molecule has 9 nitrogen and oxygen atoms in total. The van der Waals surface area contributed by atoms with Gasteiger partial charge in [0.25, 0.3) is 5.56 Å². The minimum absolute atomic E-state index is 0.0100. The van der Waals surface area contributed by atoms with Crippen molar-refractivity contribution in [2.24, 2.45) is 0 Å². The smallest absolute Gasteiger partial charge is 0.251 e. The Morgan fingerprint density at radius 2 is 1.95 bits per heavy atom. The summed E-state index contributed by atoms with van der Waals surface area (Å²) in [4.78, 5) is 21.1. The fourth-order valence-corrected chi connectivity index (χ4v) is 6.76. The van der Waals surface area contributed by atoms with E-state index in [0.29, 0.717) is 72.5 Å². The average Bonchev–Trinajstić information content (AvgIpc) is 3.23. The molecule has 5 aliphatic rings. The summed E-state index contributed by atoms with van der Waals surface area (Å²) in [6.45, 7) is 1.82. The molecule has 37 heavy (non-hydrogen) atoms. The number of fused-ring (bicyclic) bond motifs is 4. The highest BCUT2D eigenvalue weighted by Gasteiger charge is 2.55. The lowest BCUT2D eigenvalue weighted by atomic mass is 9.67. The molecule has 1 saturated carbocycles. The Labute approximate surface area is 216 Å². The summed E-state index contributed by atoms with van der Waals surface area (Å²) in [6.07, 6.45) is 6.02. The van der Waals surface area contributed by atoms with Crippen LogP contribution in [0.1, 0.15) is 43.4 Å². The number of pyridine rings is 3. The molecule has 2 saturated heterocycles. The Balaban J connectivity index is 1.08. The van der Waals surface area contributed by atoms with E-state index in [9.17, 15) is 9.90 Å². The molecule has 1 aliphatic carbocycles. The third kappa shape index (κ3) is 3.57. The third-order valence-electron chi connectivity index (χ3n) is 8.46. The average molecular weight is 529 g/mol. The number of halogens is 2. The molecule has 0 radical (unpaired) electrons. The Morgan fingerprint density at radius 3 is 2.73 bits per heavy atom. The second kappa shape index (κ2) is 8.10. The minimum atomic E-state index is -1.55. The van der Waals surface area contributed by atoms with E-state index in [1.54, 1.807) is 12.3 Å². The Kier molecular flexibility index (Phi) is 5.11. The van der Waals surface area contributed by atoms with Crippen LogP contribution in [0.5, 0.6) is 11.5 Å². The Bertz CT molecular complexity index is 1470. The van der Waals surface area contributed by atoms with Crippen molar-refractivity contribution in [1.82, 2.24) is 19.9 Å². The molecule has 194 valence electrons. The van der Waals surface area contributed by atoms with Crippen molar-refractivity contribution in [1.29, 1.82) is 0 Å². The number of nitrogens with one attached hydrogen (secondary N) is 1. The van der Waals surface area contributed by atoms with Gasteiger partial charge < -0.3 is 29.2 Å². The molecular formula is C26H26ClFN4O5. The van der Waals surface area contributed by atoms with Gasteiger partial charge in [-0.1, -0.05) is 11.6 Å². The normalized spacial score (nSPS) is 29.7. The minimum Gasteiger partial charge on any atom is -0.484 e. The monoisotopic (exact) mass is 528 g/mol. The lowest BCUT2D eigenvalue weighted by molar-refractivity contribution is -0.192. The molecule has 0 aromatic carbocycles. The van der Waals surface area contributed by atoms with Crippen LogP contribution in [0.3, 0.4) is 0 Å². The first-order chi connectivity index (χ1) is 17.8. The quantitative estimate of drug-likeness (QED) is 0.520. The summed E-state index contributed by atoms with van der Waals surface area (Å²) in [5.74, 6) is 0.482. The molecule has 3 aromatic heterocycles. The number of hydrogen-bond donors (Lipinski definition) is 2.